The molecular formula is C13H13BFNO5. The van der Waals surface area contributed by atoms with Crippen LogP contribution in [0.4, 0.5) is 4.39 Å². The molecule has 1 aliphatic rings. The maximum atomic E-state index is 13.1. The molecule has 0 spiro atoms. The third kappa shape index (κ3) is 4.39. The molecule has 0 bridgehead atoms. The highest BCUT2D eigenvalue weighted by atomic mass is 19.1. The molecule has 0 saturated carbocycles. The van der Waals surface area contributed by atoms with Crippen molar-refractivity contribution in [2.24, 2.45) is 0 Å². The number of hydrogen-bond acceptors (Lipinski definition) is 6. The van der Waals surface area contributed by atoms with E-state index in [1.165, 1.54) is 23.1 Å². The molecule has 21 heavy (non-hydrogen) atoms. The van der Waals surface area contributed by atoms with Crippen LogP contribution in [0, 0.1) is 5.82 Å². The third-order valence-corrected chi connectivity index (χ3v) is 2.82. The van der Waals surface area contributed by atoms with Gasteiger partial charge in [-0.25, -0.2) is 4.39 Å². The van der Waals surface area contributed by atoms with Crippen molar-refractivity contribution in [3.8, 4) is 0 Å². The van der Waals surface area contributed by atoms with Crippen molar-refractivity contribution in [3.63, 3.8) is 0 Å². The maximum absolute atomic E-state index is 13.1. The predicted molar refractivity (Wildman–Crippen MR) is 71.0 cm³/mol. The number of nitrogens with zero attached hydrogens (tertiary/aromatic N) is 1. The Kier molecular flexibility index (Phi) is 4.69. The summed E-state index contributed by atoms with van der Waals surface area (Å²) < 4.78 is 22.9. The van der Waals surface area contributed by atoms with Crippen LogP contribution in [-0.4, -0.2) is 49.9 Å². The fourth-order valence-electron chi connectivity index (χ4n) is 1.90. The second kappa shape index (κ2) is 6.49. The maximum Gasteiger partial charge on any atom is 0.606 e. The van der Waals surface area contributed by atoms with Gasteiger partial charge in [0.25, 0.3) is 0 Å². The zero-order valence-corrected chi connectivity index (χ0v) is 11.4. The molecule has 1 fully saturated rings. The first-order chi connectivity index (χ1) is 9.94. The molecule has 0 atom stereocenters. The number of hydrogen-bond donors (Lipinski definition) is 0. The predicted octanol–water partition coefficient (Wildman–Crippen LogP) is 0.528. The zero-order chi connectivity index (χ0) is 15.4. The SMILES string of the molecule is CN1CC(=O)OB(CC(=O)c2cccc(F)c2)OC(=O)C1. The van der Waals surface area contributed by atoms with Gasteiger partial charge >= 0.3 is 19.1 Å². The monoisotopic (exact) mass is 293 g/mol. The molecule has 8 heteroatoms. The van der Waals surface area contributed by atoms with Crippen molar-refractivity contribution in [1.29, 1.82) is 0 Å². The summed E-state index contributed by atoms with van der Waals surface area (Å²) in [6.07, 6.45) is -0.343. The van der Waals surface area contributed by atoms with E-state index >= 15 is 0 Å². The van der Waals surface area contributed by atoms with E-state index in [0.717, 1.165) is 6.07 Å². The molecule has 0 N–H and O–H groups in total. The molecule has 1 aliphatic heterocycles. The van der Waals surface area contributed by atoms with Gasteiger partial charge < -0.3 is 9.31 Å². The number of ketones is 1. The van der Waals surface area contributed by atoms with Gasteiger partial charge in [-0.3, -0.25) is 19.3 Å². The van der Waals surface area contributed by atoms with Crippen LogP contribution in [0.25, 0.3) is 0 Å². The molecule has 0 aromatic heterocycles. The minimum Gasteiger partial charge on any atom is -0.498 e. The van der Waals surface area contributed by atoms with Crippen LogP contribution < -0.4 is 0 Å². The summed E-state index contributed by atoms with van der Waals surface area (Å²) in [5.41, 5.74) is 0.126. The third-order valence-electron chi connectivity index (χ3n) is 2.82. The molecule has 1 saturated heterocycles. The van der Waals surface area contributed by atoms with Crippen LogP contribution in [0.15, 0.2) is 24.3 Å². The quantitative estimate of drug-likeness (QED) is 0.598. The van der Waals surface area contributed by atoms with Gasteiger partial charge in [0, 0.05) is 5.56 Å². The summed E-state index contributed by atoms with van der Waals surface area (Å²) in [7, 11) is 0.287. The van der Waals surface area contributed by atoms with Crippen molar-refractivity contribution < 1.29 is 28.1 Å². The summed E-state index contributed by atoms with van der Waals surface area (Å²) in [6, 6.07) is 5.12. The summed E-state index contributed by atoms with van der Waals surface area (Å²) in [4.78, 5) is 36.4. The van der Waals surface area contributed by atoms with Crippen molar-refractivity contribution in [3.05, 3.63) is 35.6 Å². The molecule has 2 rings (SSSR count). The number of halogens is 1. The van der Waals surface area contributed by atoms with Crippen molar-refractivity contribution in [2.75, 3.05) is 20.1 Å². The highest BCUT2D eigenvalue weighted by Gasteiger charge is 2.34. The normalized spacial score (nSPS) is 16.8. The molecule has 6 nitrogen and oxygen atoms in total. The molecule has 1 aromatic rings. The largest absolute Gasteiger partial charge is 0.606 e. The van der Waals surface area contributed by atoms with Gasteiger partial charge in [-0.15, -0.1) is 0 Å². The van der Waals surface area contributed by atoms with Crippen molar-refractivity contribution in [2.45, 2.75) is 6.32 Å². The highest BCUT2D eigenvalue weighted by molar-refractivity contribution is 6.54. The topological polar surface area (TPSA) is 72.9 Å². The van der Waals surface area contributed by atoms with E-state index in [1.54, 1.807) is 7.05 Å². The van der Waals surface area contributed by atoms with Gasteiger partial charge in [0.1, 0.15) is 5.82 Å². The second-order valence-corrected chi connectivity index (χ2v) is 4.72. The van der Waals surface area contributed by atoms with Crippen LogP contribution in [0.3, 0.4) is 0 Å². The number of likely N-dealkylation sites (N-methyl/N-ethyl adjacent to an activating group) is 1. The Bertz CT molecular complexity index is 559. The summed E-state index contributed by atoms with van der Waals surface area (Å²) in [5, 5.41) is 0. The van der Waals surface area contributed by atoms with Gasteiger partial charge in [-0.1, -0.05) is 12.1 Å². The van der Waals surface area contributed by atoms with Crippen LogP contribution in [-0.2, 0) is 18.9 Å². The van der Waals surface area contributed by atoms with Gasteiger partial charge in [-0.05, 0) is 19.2 Å². The fourth-order valence-corrected chi connectivity index (χ4v) is 1.90. The number of carbonyl (C=O) groups is 3. The Morgan fingerprint density at radius 2 is 1.90 bits per heavy atom. The smallest absolute Gasteiger partial charge is 0.498 e. The first-order valence-corrected chi connectivity index (χ1v) is 6.30. The van der Waals surface area contributed by atoms with Gasteiger partial charge in [0.05, 0.1) is 19.4 Å². The summed E-state index contributed by atoms with van der Waals surface area (Å²) >= 11 is 0. The van der Waals surface area contributed by atoms with Crippen molar-refractivity contribution >= 4 is 24.8 Å². The summed E-state index contributed by atoms with van der Waals surface area (Å²) in [6.45, 7) is -0.139. The molecule has 0 amide bonds. The van der Waals surface area contributed by atoms with Crippen LogP contribution in [0.2, 0.25) is 6.32 Å². The second-order valence-electron chi connectivity index (χ2n) is 4.72. The average Bonchev–Trinajstić information content (AvgIpc) is 2.36. The van der Waals surface area contributed by atoms with E-state index in [9.17, 15) is 18.8 Å². The lowest BCUT2D eigenvalue weighted by molar-refractivity contribution is -0.145. The fraction of sp³-hybridized carbons (Fsp3) is 0.308. The average molecular weight is 293 g/mol. The van der Waals surface area contributed by atoms with Crippen LogP contribution >= 0.6 is 0 Å². The number of benzene rings is 1. The zero-order valence-electron chi connectivity index (χ0n) is 11.4. The van der Waals surface area contributed by atoms with Gasteiger partial charge in [0.2, 0.25) is 0 Å². The first-order valence-electron chi connectivity index (χ1n) is 6.30. The molecule has 110 valence electrons. The Morgan fingerprint density at radius 1 is 1.29 bits per heavy atom. The molecule has 0 unspecified atom stereocenters. The summed E-state index contributed by atoms with van der Waals surface area (Å²) in [5.74, 6) is -2.22. The van der Waals surface area contributed by atoms with Crippen LogP contribution in [0.5, 0.6) is 0 Å². The van der Waals surface area contributed by atoms with E-state index in [0.29, 0.717) is 0 Å². The minimum atomic E-state index is -1.28. The lowest BCUT2D eigenvalue weighted by Gasteiger charge is -2.22. The lowest BCUT2D eigenvalue weighted by Crippen LogP contribution is -2.43. The van der Waals surface area contributed by atoms with E-state index in [2.05, 4.69) is 0 Å². The number of carbonyl (C=O) groups excluding carboxylic acids is 3. The molecule has 1 aromatic carbocycles. The van der Waals surface area contributed by atoms with Crippen molar-refractivity contribution in [1.82, 2.24) is 4.90 Å². The number of Topliss-reactive ketones (excluding diaryl/α,β-unsaturated/α-hetero) is 1. The molecule has 0 radical (unpaired) electrons. The molecule has 1 heterocycles. The first kappa shape index (κ1) is 15.2. The van der Waals surface area contributed by atoms with E-state index < -0.39 is 30.7 Å². The van der Waals surface area contributed by atoms with Gasteiger partial charge in [-0.2, -0.15) is 0 Å². The molecular weight excluding hydrogens is 280 g/mol. The van der Waals surface area contributed by atoms with Crippen LogP contribution in [0.1, 0.15) is 10.4 Å². The Hall–Kier alpha value is -2.22. The van der Waals surface area contributed by atoms with Gasteiger partial charge in [0.15, 0.2) is 5.78 Å². The van der Waals surface area contributed by atoms with E-state index in [-0.39, 0.29) is 25.0 Å². The highest BCUT2D eigenvalue weighted by Crippen LogP contribution is 2.11. The number of rotatable bonds is 3. The Balaban J connectivity index is 2.05. The Morgan fingerprint density at radius 3 is 2.48 bits per heavy atom. The lowest BCUT2D eigenvalue weighted by atomic mass is 9.80. The minimum absolute atomic E-state index is 0.0697. The Labute approximate surface area is 121 Å². The molecule has 0 aliphatic carbocycles. The standard InChI is InChI=1S/C13H13BFNO5/c1-16-7-12(18)20-14(21-13(19)8-16)6-11(17)9-3-2-4-10(15)5-9/h2-5H,6-8H2,1H3. The van der Waals surface area contributed by atoms with E-state index in [1.807, 2.05) is 0 Å². The van der Waals surface area contributed by atoms with E-state index in [4.69, 9.17) is 9.31 Å².